The van der Waals surface area contributed by atoms with Crippen LogP contribution in [0.3, 0.4) is 0 Å². The van der Waals surface area contributed by atoms with E-state index in [1.54, 1.807) is 19.1 Å². The molecule has 0 aliphatic heterocycles. The number of nitrogens with zero attached hydrogens (tertiary/aromatic N) is 1. The van der Waals surface area contributed by atoms with Gasteiger partial charge < -0.3 is 10.4 Å². The fourth-order valence-electron chi connectivity index (χ4n) is 1.84. The highest BCUT2D eigenvalue weighted by Crippen LogP contribution is 2.30. The Labute approximate surface area is 164 Å². The standard InChI is InChI=1S/C16H14Br3N3O2/c1-9(21-13-4-2-3-11(17)6-13)16(24)22-20-8-10-5-12(18)7-14(19)15(10)23/h2-9,21,23H,1H3,(H,22,24)/b20-8+. The molecule has 0 fully saturated rings. The number of carbonyl (C=O) groups excluding carboxylic acids is 1. The van der Waals surface area contributed by atoms with Crippen molar-refractivity contribution < 1.29 is 9.90 Å². The zero-order valence-electron chi connectivity index (χ0n) is 12.6. The second kappa shape index (κ2) is 8.64. The van der Waals surface area contributed by atoms with Gasteiger partial charge in [0.15, 0.2) is 0 Å². The number of hydrazone groups is 1. The van der Waals surface area contributed by atoms with Crippen LogP contribution in [0, 0.1) is 0 Å². The molecule has 0 aromatic heterocycles. The minimum atomic E-state index is -0.473. The second-order valence-electron chi connectivity index (χ2n) is 4.94. The molecule has 0 radical (unpaired) electrons. The highest BCUT2D eigenvalue weighted by molar-refractivity contribution is 9.11. The van der Waals surface area contributed by atoms with Gasteiger partial charge in [0.25, 0.3) is 5.91 Å². The molecule has 1 amide bonds. The van der Waals surface area contributed by atoms with Gasteiger partial charge in [-0.2, -0.15) is 5.10 Å². The number of phenols is 1. The third-order valence-corrected chi connectivity index (χ3v) is 4.59. The average Bonchev–Trinajstić information content (AvgIpc) is 2.51. The molecule has 8 heteroatoms. The summed E-state index contributed by atoms with van der Waals surface area (Å²) >= 11 is 9.95. The number of hydrogen-bond donors (Lipinski definition) is 3. The van der Waals surface area contributed by atoms with E-state index in [0.717, 1.165) is 14.6 Å². The van der Waals surface area contributed by atoms with E-state index in [-0.39, 0.29) is 11.7 Å². The molecule has 2 aromatic rings. The van der Waals surface area contributed by atoms with Crippen LogP contribution in [-0.2, 0) is 4.79 Å². The van der Waals surface area contributed by atoms with Crippen molar-refractivity contribution in [3.63, 3.8) is 0 Å². The van der Waals surface area contributed by atoms with E-state index in [9.17, 15) is 9.90 Å². The van der Waals surface area contributed by atoms with Crippen LogP contribution in [0.15, 0.2) is 54.9 Å². The Bertz CT molecular complexity index is 781. The maximum atomic E-state index is 12.1. The average molecular weight is 520 g/mol. The molecular weight excluding hydrogens is 506 g/mol. The smallest absolute Gasteiger partial charge is 0.262 e. The lowest BCUT2D eigenvalue weighted by Gasteiger charge is -2.13. The van der Waals surface area contributed by atoms with E-state index in [0.29, 0.717) is 10.0 Å². The van der Waals surface area contributed by atoms with E-state index in [1.165, 1.54) is 6.21 Å². The lowest BCUT2D eigenvalue weighted by molar-refractivity contribution is -0.121. The number of amides is 1. The number of rotatable bonds is 5. The van der Waals surface area contributed by atoms with Crippen LogP contribution in [0.25, 0.3) is 0 Å². The largest absolute Gasteiger partial charge is 0.506 e. The number of nitrogens with one attached hydrogen (secondary N) is 2. The quantitative estimate of drug-likeness (QED) is 0.398. The number of anilines is 1. The van der Waals surface area contributed by atoms with Crippen molar-refractivity contribution in [2.45, 2.75) is 13.0 Å². The van der Waals surface area contributed by atoms with Crippen LogP contribution in [-0.4, -0.2) is 23.3 Å². The van der Waals surface area contributed by atoms with E-state index in [4.69, 9.17) is 0 Å². The van der Waals surface area contributed by atoms with Crippen molar-refractivity contribution in [1.29, 1.82) is 0 Å². The Morgan fingerprint density at radius 2 is 1.96 bits per heavy atom. The van der Waals surface area contributed by atoms with Gasteiger partial charge in [0.1, 0.15) is 11.8 Å². The van der Waals surface area contributed by atoms with Crippen LogP contribution in [0.1, 0.15) is 12.5 Å². The summed E-state index contributed by atoms with van der Waals surface area (Å²) in [6.45, 7) is 1.74. The molecule has 0 aliphatic carbocycles. The zero-order chi connectivity index (χ0) is 17.7. The molecule has 0 bridgehead atoms. The molecule has 3 N–H and O–H groups in total. The van der Waals surface area contributed by atoms with E-state index >= 15 is 0 Å². The van der Waals surface area contributed by atoms with E-state index in [2.05, 4.69) is 63.6 Å². The van der Waals surface area contributed by atoms with Crippen molar-refractivity contribution >= 4 is 65.6 Å². The van der Waals surface area contributed by atoms with Crippen molar-refractivity contribution in [2.75, 3.05) is 5.32 Å². The lowest BCUT2D eigenvalue weighted by Crippen LogP contribution is -2.34. The van der Waals surface area contributed by atoms with Gasteiger partial charge in [0.2, 0.25) is 0 Å². The first-order valence-electron chi connectivity index (χ1n) is 6.90. The first-order valence-corrected chi connectivity index (χ1v) is 9.27. The SMILES string of the molecule is CC(Nc1cccc(Br)c1)C(=O)N/N=C/c1cc(Br)cc(Br)c1O. The minimum Gasteiger partial charge on any atom is -0.506 e. The molecule has 2 aromatic carbocycles. The Balaban J connectivity index is 1.97. The molecule has 0 saturated carbocycles. The molecule has 0 heterocycles. The number of hydrogen-bond acceptors (Lipinski definition) is 4. The van der Waals surface area contributed by atoms with Crippen molar-refractivity contribution in [3.8, 4) is 5.75 Å². The minimum absolute atomic E-state index is 0.0523. The molecule has 126 valence electrons. The summed E-state index contributed by atoms with van der Waals surface area (Å²) in [7, 11) is 0. The molecular formula is C16H14Br3N3O2. The molecule has 2 rings (SSSR count). The molecule has 0 saturated heterocycles. The normalized spacial score (nSPS) is 12.2. The third kappa shape index (κ3) is 5.32. The Kier molecular flexibility index (Phi) is 6.82. The molecule has 1 unspecified atom stereocenters. The third-order valence-electron chi connectivity index (χ3n) is 3.04. The molecule has 0 spiro atoms. The topological polar surface area (TPSA) is 73.7 Å². The molecule has 5 nitrogen and oxygen atoms in total. The predicted molar refractivity (Wildman–Crippen MR) is 106 cm³/mol. The Morgan fingerprint density at radius 3 is 2.67 bits per heavy atom. The lowest BCUT2D eigenvalue weighted by atomic mass is 10.2. The molecule has 1 atom stereocenters. The number of carbonyl (C=O) groups is 1. The summed E-state index contributed by atoms with van der Waals surface area (Å²) in [5.41, 5.74) is 3.75. The van der Waals surface area contributed by atoms with E-state index in [1.807, 2.05) is 24.3 Å². The highest BCUT2D eigenvalue weighted by Gasteiger charge is 2.12. The van der Waals surface area contributed by atoms with Gasteiger partial charge >= 0.3 is 0 Å². The summed E-state index contributed by atoms with van der Waals surface area (Å²) in [4.78, 5) is 12.1. The zero-order valence-corrected chi connectivity index (χ0v) is 17.3. The molecule has 0 aliphatic rings. The van der Waals surface area contributed by atoms with Gasteiger partial charge in [0, 0.05) is 20.2 Å². The predicted octanol–water partition coefficient (Wildman–Crippen LogP) is 4.63. The van der Waals surface area contributed by atoms with Gasteiger partial charge in [-0.1, -0.05) is 37.9 Å². The summed E-state index contributed by atoms with van der Waals surface area (Å²) < 4.78 is 2.24. The Morgan fingerprint density at radius 1 is 1.21 bits per heavy atom. The summed E-state index contributed by atoms with van der Waals surface area (Å²) in [5, 5.41) is 16.9. The van der Waals surface area contributed by atoms with Gasteiger partial charge in [-0.3, -0.25) is 4.79 Å². The number of benzene rings is 2. The maximum Gasteiger partial charge on any atom is 0.262 e. The van der Waals surface area contributed by atoms with Gasteiger partial charge in [0.05, 0.1) is 10.7 Å². The van der Waals surface area contributed by atoms with Crippen LogP contribution in [0.2, 0.25) is 0 Å². The fourth-order valence-corrected chi connectivity index (χ4v) is 3.50. The van der Waals surface area contributed by atoms with Crippen molar-refractivity contribution in [3.05, 3.63) is 55.4 Å². The van der Waals surface area contributed by atoms with Crippen LogP contribution < -0.4 is 10.7 Å². The first kappa shape index (κ1) is 19.0. The number of phenolic OH excluding ortho intramolecular Hbond substituents is 1. The van der Waals surface area contributed by atoms with Crippen molar-refractivity contribution in [2.24, 2.45) is 5.10 Å². The van der Waals surface area contributed by atoms with Gasteiger partial charge in [-0.15, -0.1) is 0 Å². The second-order valence-corrected chi connectivity index (χ2v) is 7.62. The Hall–Kier alpha value is -1.38. The summed E-state index contributed by atoms with van der Waals surface area (Å²) in [5.74, 6) is -0.240. The van der Waals surface area contributed by atoms with Crippen molar-refractivity contribution in [1.82, 2.24) is 5.43 Å². The highest BCUT2D eigenvalue weighted by atomic mass is 79.9. The van der Waals surface area contributed by atoms with Crippen LogP contribution in [0.4, 0.5) is 5.69 Å². The van der Waals surface area contributed by atoms with E-state index < -0.39 is 6.04 Å². The number of aromatic hydroxyl groups is 1. The number of halogens is 3. The summed E-state index contributed by atoms with van der Waals surface area (Å²) in [6.07, 6.45) is 1.38. The summed E-state index contributed by atoms with van der Waals surface area (Å²) in [6, 6.07) is 10.5. The monoisotopic (exact) mass is 517 g/mol. The fraction of sp³-hybridized carbons (Fsp3) is 0.125. The first-order chi connectivity index (χ1) is 11.4. The van der Waals surface area contributed by atoms with Gasteiger partial charge in [-0.05, 0) is 53.2 Å². The maximum absolute atomic E-state index is 12.1. The van der Waals surface area contributed by atoms with Crippen LogP contribution in [0.5, 0.6) is 5.75 Å². The van der Waals surface area contributed by atoms with Gasteiger partial charge in [-0.25, -0.2) is 5.43 Å². The molecule has 24 heavy (non-hydrogen) atoms. The van der Waals surface area contributed by atoms with Crippen LogP contribution >= 0.6 is 47.8 Å².